The molecular weight excluding hydrogens is 272 g/mol. The van der Waals surface area contributed by atoms with Crippen LogP contribution in [0, 0.1) is 11.8 Å². The molecule has 2 rings (SSSR count). The Bertz CT molecular complexity index is 664. The van der Waals surface area contributed by atoms with E-state index in [9.17, 15) is 0 Å². The van der Waals surface area contributed by atoms with Gasteiger partial charge < -0.3 is 4.90 Å². The summed E-state index contributed by atoms with van der Waals surface area (Å²) in [6.45, 7) is 2.11. The van der Waals surface area contributed by atoms with Gasteiger partial charge >= 0.3 is 0 Å². The van der Waals surface area contributed by atoms with Gasteiger partial charge in [0.15, 0.2) is 0 Å². The molecule has 2 heterocycles. The minimum atomic E-state index is 0.216. The molecule has 20 heavy (non-hydrogen) atoms. The van der Waals surface area contributed by atoms with Gasteiger partial charge in [0.05, 0.1) is 11.8 Å². The minimum Gasteiger partial charge on any atom is -0.303 e. The first-order valence-corrected chi connectivity index (χ1v) is 6.67. The number of aromatic nitrogens is 3. The van der Waals surface area contributed by atoms with Crippen molar-refractivity contribution in [3.05, 3.63) is 46.5 Å². The van der Waals surface area contributed by atoms with Crippen LogP contribution in [0.5, 0.6) is 0 Å². The molecule has 104 valence electrons. The van der Waals surface area contributed by atoms with Gasteiger partial charge in [-0.05, 0) is 32.6 Å². The fourth-order valence-corrected chi connectivity index (χ4v) is 1.96. The zero-order chi connectivity index (χ0) is 14.7. The van der Waals surface area contributed by atoms with Gasteiger partial charge in [-0.2, -0.15) is 5.10 Å². The largest absolute Gasteiger partial charge is 0.303 e. The highest BCUT2D eigenvalue weighted by molar-refractivity contribution is 6.29. The second-order valence-corrected chi connectivity index (χ2v) is 5.27. The molecule has 2 aromatic heterocycles. The average Bonchev–Trinajstić information content (AvgIpc) is 2.82. The van der Waals surface area contributed by atoms with E-state index in [1.165, 1.54) is 0 Å². The molecule has 1 atom stereocenters. The van der Waals surface area contributed by atoms with Crippen LogP contribution in [0.15, 0.2) is 24.7 Å². The number of aryl methyl sites for hydroxylation is 1. The molecule has 0 aliphatic heterocycles. The van der Waals surface area contributed by atoms with E-state index in [0.29, 0.717) is 5.15 Å². The third kappa shape index (κ3) is 3.38. The normalized spacial score (nSPS) is 12.1. The Morgan fingerprint density at radius 2 is 2.05 bits per heavy atom. The Morgan fingerprint density at radius 3 is 2.65 bits per heavy atom. The maximum absolute atomic E-state index is 5.99. The predicted molar refractivity (Wildman–Crippen MR) is 80.5 cm³/mol. The summed E-state index contributed by atoms with van der Waals surface area (Å²) >= 11 is 5.99. The van der Waals surface area contributed by atoms with Crippen LogP contribution in [-0.2, 0) is 7.05 Å². The van der Waals surface area contributed by atoms with E-state index in [1.807, 2.05) is 33.4 Å². The lowest BCUT2D eigenvalue weighted by atomic mass is 10.0. The quantitative estimate of drug-likeness (QED) is 0.629. The topological polar surface area (TPSA) is 34.0 Å². The first-order chi connectivity index (χ1) is 9.47. The van der Waals surface area contributed by atoms with Gasteiger partial charge in [0, 0.05) is 31.0 Å². The molecule has 0 saturated heterocycles. The Hall–Kier alpha value is -1.83. The van der Waals surface area contributed by atoms with Crippen LogP contribution in [-0.4, -0.2) is 33.8 Å². The Labute approximate surface area is 124 Å². The van der Waals surface area contributed by atoms with Crippen molar-refractivity contribution in [3.8, 4) is 11.8 Å². The molecule has 0 spiro atoms. The van der Waals surface area contributed by atoms with E-state index in [0.717, 1.165) is 16.7 Å². The summed E-state index contributed by atoms with van der Waals surface area (Å²) < 4.78 is 1.73. The van der Waals surface area contributed by atoms with Crippen LogP contribution in [0.1, 0.15) is 29.7 Å². The maximum atomic E-state index is 5.99. The number of hydrogen-bond donors (Lipinski definition) is 0. The van der Waals surface area contributed by atoms with E-state index in [2.05, 4.69) is 33.7 Å². The Morgan fingerprint density at radius 1 is 1.30 bits per heavy atom. The second-order valence-electron chi connectivity index (χ2n) is 4.89. The predicted octanol–water partition coefficient (Wildman–Crippen LogP) is 2.49. The lowest BCUT2D eigenvalue weighted by molar-refractivity contribution is 0.320. The van der Waals surface area contributed by atoms with Gasteiger partial charge in [-0.1, -0.05) is 23.4 Å². The van der Waals surface area contributed by atoms with Crippen LogP contribution in [0.3, 0.4) is 0 Å². The maximum Gasteiger partial charge on any atom is 0.129 e. The lowest BCUT2D eigenvalue weighted by Crippen LogP contribution is -2.18. The average molecular weight is 289 g/mol. The highest BCUT2D eigenvalue weighted by atomic mass is 35.5. The number of hydrogen-bond acceptors (Lipinski definition) is 3. The molecule has 0 bridgehead atoms. The van der Waals surface area contributed by atoms with Crippen molar-refractivity contribution < 1.29 is 0 Å². The van der Waals surface area contributed by atoms with Crippen molar-refractivity contribution in [2.24, 2.45) is 7.05 Å². The number of rotatable bonds is 2. The first kappa shape index (κ1) is 14.6. The van der Waals surface area contributed by atoms with Crippen molar-refractivity contribution in [1.82, 2.24) is 19.7 Å². The van der Waals surface area contributed by atoms with Gasteiger partial charge in [-0.15, -0.1) is 0 Å². The van der Waals surface area contributed by atoms with Crippen molar-refractivity contribution in [2.45, 2.75) is 13.0 Å². The van der Waals surface area contributed by atoms with Crippen molar-refractivity contribution in [2.75, 3.05) is 14.1 Å². The lowest BCUT2D eigenvalue weighted by Gasteiger charge is -2.21. The highest BCUT2D eigenvalue weighted by Gasteiger charge is 2.12. The summed E-state index contributed by atoms with van der Waals surface area (Å²) in [7, 11) is 5.92. The molecular formula is C15H17ClN4. The van der Waals surface area contributed by atoms with E-state index in [1.54, 1.807) is 17.1 Å². The SMILES string of the molecule is CC(c1cc(Cl)ncc1C#Cc1cnn(C)c1)N(C)C. The monoisotopic (exact) mass is 288 g/mol. The fourth-order valence-electron chi connectivity index (χ4n) is 1.80. The minimum absolute atomic E-state index is 0.216. The number of pyridine rings is 1. The third-order valence-electron chi connectivity index (χ3n) is 3.17. The van der Waals surface area contributed by atoms with E-state index in [4.69, 9.17) is 11.6 Å². The zero-order valence-electron chi connectivity index (χ0n) is 12.1. The van der Waals surface area contributed by atoms with Crippen molar-refractivity contribution in [1.29, 1.82) is 0 Å². The zero-order valence-corrected chi connectivity index (χ0v) is 12.8. The Balaban J connectivity index is 2.39. The summed E-state index contributed by atoms with van der Waals surface area (Å²) in [6, 6.07) is 2.09. The van der Waals surface area contributed by atoms with E-state index in [-0.39, 0.29) is 6.04 Å². The van der Waals surface area contributed by atoms with E-state index < -0.39 is 0 Å². The van der Waals surface area contributed by atoms with Crippen molar-refractivity contribution >= 4 is 11.6 Å². The number of halogens is 1. The van der Waals surface area contributed by atoms with Crippen LogP contribution in [0.2, 0.25) is 5.15 Å². The van der Waals surface area contributed by atoms with Gasteiger partial charge in [0.1, 0.15) is 5.15 Å². The summed E-state index contributed by atoms with van der Waals surface area (Å²) in [5.41, 5.74) is 2.84. The summed E-state index contributed by atoms with van der Waals surface area (Å²) in [6.07, 6.45) is 5.35. The molecule has 0 aliphatic rings. The third-order valence-corrected chi connectivity index (χ3v) is 3.38. The van der Waals surface area contributed by atoms with E-state index >= 15 is 0 Å². The van der Waals surface area contributed by atoms with Crippen molar-refractivity contribution in [3.63, 3.8) is 0 Å². The number of nitrogens with zero attached hydrogens (tertiary/aromatic N) is 4. The molecule has 0 amide bonds. The molecule has 0 saturated carbocycles. The Kier molecular flexibility index (Phi) is 4.43. The van der Waals surface area contributed by atoms with Crippen LogP contribution < -0.4 is 0 Å². The standard InChI is InChI=1S/C15H17ClN4/c1-11(19(2)3)14-7-15(16)17-9-13(14)6-5-12-8-18-20(4)10-12/h7-11H,1-4H3. The summed E-state index contributed by atoms with van der Waals surface area (Å²) in [4.78, 5) is 6.23. The molecule has 4 nitrogen and oxygen atoms in total. The van der Waals surface area contributed by atoms with Gasteiger partial charge in [-0.25, -0.2) is 4.98 Å². The molecule has 1 unspecified atom stereocenters. The molecule has 2 aromatic rings. The van der Waals surface area contributed by atoms with Gasteiger partial charge in [0.2, 0.25) is 0 Å². The molecule has 0 fully saturated rings. The molecule has 0 aliphatic carbocycles. The van der Waals surface area contributed by atoms with Gasteiger partial charge in [0.25, 0.3) is 0 Å². The fraction of sp³-hybridized carbons (Fsp3) is 0.333. The second kappa shape index (κ2) is 6.08. The smallest absolute Gasteiger partial charge is 0.129 e. The highest BCUT2D eigenvalue weighted by Crippen LogP contribution is 2.23. The molecule has 0 aromatic carbocycles. The molecule has 5 heteroatoms. The summed E-state index contributed by atoms with van der Waals surface area (Å²) in [5, 5.41) is 4.58. The van der Waals surface area contributed by atoms with Crippen LogP contribution in [0.25, 0.3) is 0 Å². The van der Waals surface area contributed by atoms with Gasteiger partial charge in [-0.3, -0.25) is 4.68 Å². The molecule has 0 radical (unpaired) electrons. The van der Waals surface area contributed by atoms with Crippen LogP contribution in [0.4, 0.5) is 0 Å². The molecule has 0 N–H and O–H groups in total. The van der Waals surface area contributed by atoms with Crippen LogP contribution >= 0.6 is 11.6 Å². The first-order valence-electron chi connectivity index (χ1n) is 6.30. The summed E-state index contributed by atoms with van der Waals surface area (Å²) in [5.74, 6) is 6.26.